The number of furan rings is 1. The van der Waals surface area contributed by atoms with Crippen LogP contribution in [0.2, 0.25) is 0 Å². The molecular formula is C21H18N4O6S. The summed E-state index contributed by atoms with van der Waals surface area (Å²) in [7, 11) is -3.41. The van der Waals surface area contributed by atoms with Crippen molar-refractivity contribution in [3.8, 4) is 0 Å². The Bertz CT molecular complexity index is 1300. The fraction of sp³-hybridized carbons (Fsp3) is 0.143. The summed E-state index contributed by atoms with van der Waals surface area (Å²) in [5.74, 6) is -0.380. The van der Waals surface area contributed by atoms with Gasteiger partial charge in [0.15, 0.2) is 5.76 Å². The van der Waals surface area contributed by atoms with Gasteiger partial charge in [-0.2, -0.15) is 5.10 Å². The van der Waals surface area contributed by atoms with E-state index < -0.39 is 26.9 Å². The molecule has 1 amide bonds. The first-order chi connectivity index (χ1) is 15.2. The Hall–Kier alpha value is -3.99. The Labute approximate surface area is 183 Å². The van der Waals surface area contributed by atoms with Crippen molar-refractivity contribution < 1.29 is 22.6 Å². The summed E-state index contributed by atoms with van der Waals surface area (Å²) in [6, 6.07) is 15.2. The van der Waals surface area contributed by atoms with E-state index in [1.807, 2.05) is 0 Å². The van der Waals surface area contributed by atoms with Crippen LogP contribution in [-0.4, -0.2) is 36.2 Å². The Morgan fingerprint density at radius 3 is 2.56 bits per heavy atom. The van der Waals surface area contributed by atoms with Crippen LogP contribution in [-0.2, 0) is 10.0 Å². The van der Waals surface area contributed by atoms with Crippen molar-refractivity contribution in [1.82, 2.24) is 5.01 Å². The van der Waals surface area contributed by atoms with E-state index in [0.717, 1.165) is 6.26 Å². The summed E-state index contributed by atoms with van der Waals surface area (Å²) < 4.78 is 30.4. The molecule has 0 saturated carbocycles. The van der Waals surface area contributed by atoms with E-state index in [1.165, 1.54) is 29.5 Å². The van der Waals surface area contributed by atoms with Gasteiger partial charge in [-0.1, -0.05) is 24.3 Å². The molecule has 3 aromatic rings. The number of hydrogen-bond acceptors (Lipinski definition) is 7. The highest BCUT2D eigenvalue weighted by atomic mass is 32.2. The second-order valence-corrected chi connectivity index (χ2v) is 8.95. The van der Waals surface area contributed by atoms with Crippen LogP contribution in [0.25, 0.3) is 0 Å². The van der Waals surface area contributed by atoms with Crippen LogP contribution in [0.4, 0.5) is 11.4 Å². The van der Waals surface area contributed by atoms with Crippen molar-refractivity contribution >= 4 is 33.0 Å². The lowest BCUT2D eigenvalue weighted by atomic mass is 9.98. The summed E-state index contributed by atoms with van der Waals surface area (Å²) >= 11 is 0. The number of nitro benzene ring substituents is 1. The zero-order chi connectivity index (χ0) is 22.9. The summed E-state index contributed by atoms with van der Waals surface area (Å²) in [6.07, 6.45) is 2.75. The Morgan fingerprint density at radius 1 is 1.19 bits per heavy atom. The number of nitrogens with zero attached hydrogens (tertiary/aromatic N) is 3. The molecule has 1 aromatic heterocycles. The van der Waals surface area contributed by atoms with Crippen LogP contribution < -0.4 is 4.72 Å². The molecule has 0 spiro atoms. The first-order valence-electron chi connectivity index (χ1n) is 9.48. The van der Waals surface area contributed by atoms with E-state index in [-0.39, 0.29) is 11.4 Å². The molecular weight excluding hydrogens is 436 g/mol. The van der Waals surface area contributed by atoms with Crippen molar-refractivity contribution in [1.29, 1.82) is 0 Å². The van der Waals surface area contributed by atoms with Crippen molar-refractivity contribution in [2.24, 2.45) is 5.10 Å². The first-order valence-corrected chi connectivity index (χ1v) is 11.4. The van der Waals surface area contributed by atoms with Gasteiger partial charge in [-0.25, -0.2) is 13.4 Å². The molecule has 4 rings (SSSR count). The average Bonchev–Trinajstić information content (AvgIpc) is 3.43. The minimum Gasteiger partial charge on any atom is -0.459 e. The fourth-order valence-corrected chi connectivity index (χ4v) is 4.00. The topological polar surface area (TPSA) is 135 Å². The highest BCUT2D eigenvalue weighted by Crippen LogP contribution is 2.35. The average molecular weight is 454 g/mol. The predicted molar refractivity (Wildman–Crippen MR) is 117 cm³/mol. The molecule has 0 radical (unpaired) electrons. The van der Waals surface area contributed by atoms with Crippen LogP contribution in [0, 0.1) is 10.1 Å². The molecule has 1 N–H and O–H groups in total. The number of non-ortho nitro benzene ring substituents is 1. The quantitative estimate of drug-likeness (QED) is 0.447. The van der Waals surface area contributed by atoms with E-state index in [1.54, 1.807) is 42.5 Å². The second-order valence-electron chi connectivity index (χ2n) is 7.20. The summed E-state index contributed by atoms with van der Waals surface area (Å²) in [5, 5.41) is 17.0. The number of rotatable bonds is 6. The first kappa shape index (κ1) is 21.2. The van der Waals surface area contributed by atoms with Crippen molar-refractivity contribution in [2.45, 2.75) is 12.5 Å². The third-order valence-electron chi connectivity index (χ3n) is 4.84. The van der Waals surface area contributed by atoms with Gasteiger partial charge in [0.1, 0.15) is 0 Å². The van der Waals surface area contributed by atoms with Gasteiger partial charge in [0.05, 0.1) is 29.2 Å². The van der Waals surface area contributed by atoms with Crippen molar-refractivity contribution in [3.05, 3.63) is 93.9 Å². The predicted octanol–water partition coefficient (Wildman–Crippen LogP) is 3.55. The number of hydrazone groups is 1. The van der Waals surface area contributed by atoms with E-state index >= 15 is 0 Å². The van der Waals surface area contributed by atoms with Crippen LogP contribution >= 0.6 is 0 Å². The molecule has 0 saturated heterocycles. The Kier molecular flexibility index (Phi) is 5.49. The molecule has 10 nitrogen and oxygen atoms in total. The number of anilines is 1. The van der Waals surface area contributed by atoms with E-state index in [4.69, 9.17) is 4.42 Å². The lowest BCUT2D eigenvalue weighted by Gasteiger charge is -2.20. The molecule has 2 aromatic carbocycles. The maximum Gasteiger partial charge on any atom is 0.310 e. The maximum absolute atomic E-state index is 13.0. The number of amides is 1. The molecule has 164 valence electrons. The van der Waals surface area contributed by atoms with Crippen molar-refractivity contribution in [3.63, 3.8) is 0 Å². The van der Waals surface area contributed by atoms with Gasteiger partial charge in [-0.15, -0.1) is 0 Å². The largest absolute Gasteiger partial charge is 0.459 e. The summed E-state index contributed by atoms with van der Waals surface area (Å²) in [4.78, 5) is 23.7. The lowest BCUT2D eigenvalue weighted by molar-refractivity contribution is -0.384. The SMILES string of the molecule is CS(=O)(=O)Nc1ccc(C2=NN(C(=O)c3ccco3)C(c3cccc([N+](=O)[O-])c3)C2)cc1. The van der Waals surface area contributed by atoms with Crippen LogP contribution in [0.1, 0.15) is 34.1 Å². The number of nitrogens with one attached hydrogen (secondary N) is 1. The molecule has 1 aliphatic heterocycles. The third kappa shape index (κ3) is 4.52. The molecule has 0 aliphatic carbocycles. The maximum atomic E-state index is 13.0. The summed E-state index contributed by atoms with van der Waals surface area (Å²) in [5.41, 5.74) is 2.14. The normalized spacial score (nSPS) is 16.0. The highest BCUT2D eigenvalue weighted by molar-refractivity contribution is 7.92. The van der Waals surface area contributed by atoms with E-state index in [9.17, 15) is 23.3 Å². The number of nitro groups is 1. The minimum absolute atomic E-state index is 0.0856. The smallest absolute Gasteiger partial charge is 0.310 e. The fourth-order valence-electron chi connectivity index (χ4n) is 3.44. The zero-order valence-electron chi connectivity index (χ0n) is 16.8. The third-order valence-corrected chi connectivity index (χ3v) is 5.44. The molecule has 11 heteroatoms. The number of sulfonamides is 1. The minimum atomic E-state index is -3.41. The summed E-state index contributed by atoms with van der Waals surface area (Å²) in [6.45, 7) is 0. The highest BCUT2D eigenvalue weighted by Gasteiger charge is 2.35. The van der Waals surface area contributed by atoms with Gasteiger partial charge in [-0.05, 0) is 35.4 Å². The Balaban J connectivity index is 1.68. The van der Waals surface area contributed by atoms with Gasteiger partial charge in [0.2, 0.25) is 10.0 Å². The molecule has 1 atom stereocenters. The van der Waals surface area contributed by atoms with Gasteiger partial charge >= 0.3 is 5.91 Å². The van der Waals surface area contributed by atoms with Crippen LogP contribution in [0.5, 0.6) is 0 Å². The van der Waals surface area contributed by atoms with Gasteiger partial charge in [-0.3, -0.25) is 19.6 Å². The van der Waals surface area contributed by atoms with E-state index in [0.29, 0.717) is 28.9 Å². The molecule has 1 aliphatic rings. The zero-order valence-corrected chi connectivity index (χ0v) is 17.7. The van der Waals surface area contributed by atoms with Crippen molar-refractivity contribution in [2.75, 3.05) is 11.0 Å². The van der Waals surface area contributed by atoms with Crippen LogP contribution in [0.15, 0.2) is 76.4 Å². The van der Waals surface area contributed by atoms with Gasteiger partial charge in [0.25, 0.3) is 5.69 Å². The number of hydrogen-bond donors (Lipinski definition) is 1. The second kappa shape index (κ2) is 8.27. The molecule has 2 heterocycles. The molecule has 0 fully saturated rings. The number of carbonyl (C=O) groups excluding carboxylic acids is 1. The Morgan fingerprint density at radius 2 is 1.94 bits per heavy atom. The van der Waals surface area contributed by atoms with Gasteiger partial charge in [0, 0.05) is 24.2 Å². The molecule has 1 unspecified atom stereocenters. The standard InChI is InChI=1S/C21H18N4O6S/c1-32(29,30)23-16-9-7-14(8-10-16)18-13-19(15-4-2-5-17(12-15)25(27)28)24(22-18)21(26)20-6-3-11-31-20/h2-12,19,23H,13H2,1H3. The van der Waals surface area contributed by atoms with E-state index in [2.05, 4.69) is 9.82 Å². The number of carbonyl (C=O) groups is 1. The monoisotopic (exact) mass is 454 g/mol. The van der Waals surface area contributed by atoms with Gasteiger partial charge < -0.3 is 4.42 Å². The van der Waals surface area contributed by atoms with Crippen LogP contribution in [0.3, 0.4) is 0 Å². The molecule has 0 bridgehead atoms. The molecule has 32 heavy (non-hydrogen) atoms. The lowest BCUT2D eigenvalue weighted by Crippen LogP contribution is -2.26. The number of benzene rings is 2.